The minimum Gasteiger partial charge on any atom is -0.482 e. The zero-order valence-electron chi connectivity index (χ0n) is 17.5. The molecule has 0 spiro atoms. The Balaban J connectivity index is 1.62. The van der Waals surface area contributed by atoms with E-state index in [1.54, 1.807) is 25.1 Å². The van der Waals surface area contributed by atoms with Crippen molar-refractivity contribution in [2.24, 2.45) is 0 Å². The first-order chi connectivity index (χ1) is 15.7. The van der Waals surface area contributed by atoms with E-state index in [-0.39, 0.29) is 17.2 Å². The molecule has 33 heavy (non-hydrogen) atoms. The first-order valence-electron chi connectivity index (χ1n) is 9.74. The second kappa shape index (κ2) is 9.44. The molecule has 0 radical (unpaired) electrons. The number of furan rings is 1. The molecular weight excluding hydrogens is 475 g/mol. The van der Waals surface area contributed by atoms with Crippen LogP contribution in [0, 0.1) is 13.8 Å². The molecule has 0 aliphatic carbocycles. The number of aryl methyl sites for hydroxylation is 2. The van der Waals surface area contributed by atoms with Crippen LogP contribution < -0.4 is 10.1 Å². The molecule has 172 valence electrons. The lowest BCUT2D eigenvalue weighted by Crippen LogP contribution is -2.20. The van der Waals surface area contributed by atoms with Crippen molar-refractivity contribution in [1.29, 1.82) is 0 Å². The van der Waals surface area contributed by atoms with E-state index in [1.807, 2.05) is 19.1 Å². The third-order valence-electron chi connectivity index (χ3n) is 4.53. The van der Waals surface area contributed by atoms with Crippen molar-refractivity contribution in [2.45, 2.75) is 30.1 Å². The molecule has 0 saturated carbocycles. The number of halogens is 3. The molecule has 2 heterocycles. The molecular formula is C22H18F3N3O3S2. The Hall–Kier alpha value is -3.05. The minimum atomic E-state index is -4.50. The number of carbonyl (C=O) groups is 1. The summed E-state index contributed by atoms with van der Waals surface area (Å²) in [6.45, 7) is 2.11. The zero-order chi connectivity index (χ0) is 23.6. The summed E-state index contributed by atoms with van der Waals surface area (Å²) in [5, 5.41) is 12.3. The Bertz CT molecular complexity index is 1300. The van der Waals surface area contributed by atoms with E-state index >= 15 is 0 Å². The fraction of sp³-hybridized carbons (Fsp3) is 0.227. The van der Waals surface area contributed by atoms with E-state index < -0.39 is 18.7 Å². The number of aromatic nitrogens is 2. The van der Waals surface area contributed by atoms with Gasteiger partial charge in [0.2, 0.25) is 0 Å². The summed E-state index contributed by atoms with van der Waals surface area (Å²) in [4.78, 5) is 13.1. The van der Waals surface area contributed by atoms with Crippen molar-refractivity contribution in [1.82, 2.24) is 10.2 Å². The maximum Gasteiger partial charge on any atom is 0.422 e. The number of rotatable bonds is 7. The summed E-state index contributed by atoms with van der Waals surface area (Å²) in [6.07, 6.45) is -4.50. The lowest BCUT2D eigenvalue weighted by Gasteiger charge is -2.14. The highest BCUT2D eigenvalue weighted by Crippen LogP contribution is 2.34. The third-order valence-corrected chi connectivity index (χ3v) is 6.53. The van der Waals surface area contributed by atoms with Gasteiger partial charge in [0, 0.05) is 16.7 Å². The van der Waals surface area contributed by atoms with E-state index in [2.05, 4.69) is 15.5 Å². The Labute approximate surface area is 195 Å². The number of hydrogen-bond acceptors (Lipinski definition) is 7. The van der Waals surface area contributed by atoms with Gasteiger partial charge in [-0.25, -0.2) is 0 Å². The lowest BCUT2D eigenvalue weighted by molar-refractivity contribution is -0.153. The zero-order valence-corrected chi connectivity index (χ0v) is 19.2. The smallest absolute Gasteiger partial charge is 0.422 e. The maximum atomic E-state index is 13.1. The van der Waals surface area contributed by atoms with Crippen LogP contribution >= 0.6 is 23.1 Å². The largest absolute Gasteiger partial charge is 0.482 e. The van der Waals surface area contributed by atoms with Gasteiger partial charge in [0.15, 0.2) is 16.7 Å². The van der Waals surface area contributed by atoms with E-state index in [0.717, 1.165) is 14.7 Å². The van der Waals surface area contributed by atoms with Gasteiger partial charge in [-0.3, -0.25) is 4.79 Å². The number of amides is 1. The van der Waals surface area contributed by atoms with Crippen LogP contribution in [-0.2, 0) is 5.75 Å². The van der Waals surface area contributed by atoms with Crippen molar-refractivity contribution in [3.63, 3.8) is 0 Å². The number of hydrogen-bond donors (Lipinski definition) is 1. The van der Waals surface area contributed by atoms with Gasteiger partial charge in [-0.1, -0.05) is 47.4 Å². The molecule has 0 fully saturated rings. The molecule has 0 bridgehead atoms. The van der Waals surface area contributed by atoms with Crippen LogP contribution in [0.3, 0.4) is 0 Å². The number of thioether (sulfide) groups is 1. The fourth-order valence-corrected chi connectivity index (χ4v) is 4.93. The summed E-state index contributed by atoms with van der Waals surface area (Å²) < 4.78 is 49.5. The number of carbonyl (C=O) groups excluding carboxylic acids is 1. The summed E-state index contributed by atoms with van der Waals surface area (Å²) in [5.41, 5.74) is 2.00. The Morgan fingerprint density at radius 3 is 2.70 bits per heavy atom. The van der Waals surface area contributed by atoms with Gasteiger partial charge in [-0.05, 0) is 37.6 Å². The highest BCUT2D eigenvalue weighted by molar-refractivity contribution is 8.00. The topological polar surface area (TPSA) is 77.3 Å². The Kier molecular flexibility index (Phi) is 6.61. The molecule has 1 N–H and O–H groups in total. The van der Waals surface area contributed by atoms with E-state index in [9.17, 15) is 18.0 Å². The highest BCUT2D eigenvalue weighted by Gasteiger charge is 2.29. The monoisotopic (exact) mass is 493 g/mol. The quantitative estimate of drug-likeness (QED) is 0.301. The SMILES string of the molecule is Cc1ccc(NC(=O)c2oc3ccccc3c2CSc2nnc(C)s2)c(OCC(F)(F)F)c1. The minimum absolute atomic E-state index is 0.0722. The van der Waals surface area contributed by atoms with E-state index in [4.69, 9.17) is 9.15 Å². The third kappa shape index (κ3) is 5.66. The summed E-state index contributed by atoms with van der Waals surface area (Å²) in [5.74, 6) is -0.181. The van der Waals surface area contributed by atoms with Gasteiger partial charge in [0.05, 0.1) is 5.69 Å². The number of nitrogens with zero attached hydrogens (tertiary/aromatic N) is 2. The van der Waals surface area contributed by atoms with Crippen LogP contribution in [-0.4, -0.2) is 28.9 Å². The van der Waals surface area contributed by atoms with Crippen molar-refractivity contribution < 1.29 is 27.1 Å². The average molecular weight is 494 g/mol. The fourth-order valence-electron chi connectivity index (χ4n) is 3.09. The lowest BCUT2D eigenvalue weighted by atomic mass is 10.1. The van der Waals surface area contributed by atoms with Gasteiger partial charge in [0.25, 0.3) is 5.91 Å². The molecule has 0 aliphatic heterocycles. The number of nitrogens with one attached hydrogen (secondary N) is 1. The van der Waals surface area contributed by atoms with Crippen LogP contribution in [0.5, 0.6) is 5.75 Å². The molecule has 1 amide bonds. The van der Waals surface area contributed by atoms with Crippen LogP contribution in [0.2, 0.25) is 0 Å². The van der Waals surface area contributed by atoms with Crippen molar-refractivity contribution in [2.75, 3.05) is 11.9 Å². The van der Waals surface area contributed by atoms with Gasteiger partial charge in [-0.2, -0.15) is 13.2 Å². The van der Waals surface area contributed by atoms with Gasteiger partial charge in [-0.15, -0.1) is 10.2 Å². The predicted molar refractivity (Wildman–Crippen MR) is 121 cm³/mol. The molecule has 4 rings (SSSR count). The second-order valence-corrected chi connectivity index (χ2v) is 9.54. The molecule has 4 aromatic rings. The van der Waals surface area contributed by atoms with Crippen LogP contribution in [0.1, 0.15) is 26.7 Å². The average Bonchev–Trinajstić information content (AvgIpc) is 3.35. The predicted octanol–water partition coefficient (Wildman–Crippen LogP) is 6.39. The van der Waals surface area contributed by atoms with E-state index in [0.29, 0.717) is 22.5 Å². The van der Waals surface area contributed by atoms with Gasteiger partial charge < -0.3 is 14.5 Å². The second-order valence-electron chi connectivity index (χ2n) is 7.14. The number of anilines is 1. The Morgan fingerprint density at radius 1 is 1.18 bits per heavy atom. The molecule has 0 atom stereocenters. The molecule has 2 aromatic heterocycles. The normalized spacial score (nSPS) is 11.7. The molecule has 11 heteroatoms. The standard InChI is InChI=1S/C22H18F3N3O3S2/c1-12-7-8-16(18(9-12)30-11-22(23,24)25)26-20(29)19-15(10-32-21-28-27-13(2)33-21)14-5-3-4-6-17(14)31-19/h3-9H,10-11H2,1-2H3,(H,26,29). The van der Waals surface area contributed by atoms with Gasteiger partial charge in [0.1, 0.15) is 16.3 Å². The number of alkyl halides is 3. The highest BCUT2D eigenvalue weighted by atomic mass is 32.2. The maximum absolute atomic E-state index is 13.1. The summed E-state index contributed by atoms with van der Waals surface area (Å²) in [7, 11) is 0. The van der Waals surface area contributed by atoms with Crippen molar-refractivity contribution in [3.8, 4) is 5.75 Å². The first kappa shape index (κ1) is 23.1. The van der Waals surface area contributed by atoms with Gasteiger partial charge >= 0.3 is 6.18 Å². The summed E-state index contributed by atoms with van der Waals surface area (Å²) in [6, 6.07) is 11.8. The molecule has 6 nitrogen and oxygen atoms in total. The van der Waals surface area contributed by atoms with Crippen LogP contribution in [0.15, 0.2) is 51.2 Å². The number of ether oxygens (including phenoxy) is 1. The number of benzene rings is 2. The molecule has 0 unspecified atom stereocenters. The van der Waals surface area contributed by atoms with Crippen LogP contribution in [0.4, 0.5) is 18.9 Å². The molecule has 0 saturated heterocycles. The Morgan fingerprint density at radius 2 is 1.97 bits per heavy atom. The first-order valence-corrected chi connectivity index (χ1v) is 11.5. The van der Waals surface area contributed by atoms with Crippen molar-refractivity contribution in [3.05, 3.63) is 64.4 Å². The van der Waals surface area contributed by atoms with E-state index in [1.165, 1.54) is 35.2 Å². The molecule has 0 aliphatic rings. The number of fused-ring (bicyclic) bond motifs is 1. The number of para-hydroxylation sites is 1. The summed E-state index contributed by atoms with van der Waals surface area (Å²) >= 11 is 2.87. The van der Waals surface area contributed by atoms with Crippen molar-refractivity contribution >= 4 is 45.7 Å². The van der Waals surface area contributed by atoms with Crippen LogP contribution in [0.25, 0.3) is 11.0 Å². The molecule has 2 aromatic carbocycles.